The second kappa shape index (κ2) is 8.65. The minimum Gasteiger partial charge on any atom is -0.328 e. The van der Waals surface area contributed by atoms with Crippen LogP contribution in [0.25, 0.3) is 10.9 Å². The number of para-hydroxylation sites is 1. The van der Waals surface area contributed by atoms with Crippen molar-refractivity contribution < 1.29 is 32.3 Å². The van der Waals surface area contributed by atoms with E-state index in [1.165, 1.54) is 11.6 Å². The fourth-order valence-corrected chi connectivity index (χ4v) is 4.58. The number of rotatable bonds is 9. The first-order valence-electron chi connectivity index (χ1n) is 10.7. The van der Waals surface area contributed by atoms with E-state index in [0.717, 1.165) is 6.42 Å². The highest BCUT2D eigenvalue weighted by Gasteiger charge is 2.55. The highest BCUT2D eigenvalue weighted by molar-refractivity contribution is 6.05. The van der Waals surface area contributed by atoms with E-state index in [1.54, 1.807) is 29.2 Å². The normalized spacial score (nSPS) is 22.2. The minimum absolute atomic E-state index is 0.0270. The van der Waals surface area contributed by atoms with Gasteiger partial charge in [-0.1, -0.05) is 18.2 Å². The number of piperidine rings is 1. The van der Waals surface area contributed by atoms with Gasteiger partial charge in [0.25, 0.3) is 0 Å². The van der Waals surface area contributed by atoms with Crippen molar-refractivity contribution in [2.45, 2.75) is 64.0 Å². The summed E-state index contributed by atoms with van der Waals surface area (Å²) in [6.45, 7) is 0.852. The van der Waals surface area contributed by atoms with Crippen molar-refractivity contribution in [1.82, 2.24) is 14.7 Å². The molecule has 1 amide bonds. The number of ether oxygens (including phenoxy) is 1. The number of fused-ring (bicyclic) bond motifs is 2. The molecule has 7 nitrogen and oxygen atoms in total. The van der Waals surface area contributed by atoms with Crippen molar-refractivity contribution in [2.75, 3.05) is 6.61 Å². The lowest BCUT2D eigenvalue weighted by Crippen LogP contribution is -2.44. The molecule has 1 aliphatic heterocycles. The Bertz CT molecular complexity index is 1050. The number of carbonyl (C=O) groups is 3. The Kier molecular flexibility index (Phi) is 6.07. The molecule has 172 valence electrons. The van der Waals surface area contributed by atoms with Crippen LogP contribution in [0.2, 0.25) is 0 Å². The second-order valence-corrected chi connectivity index (χ2v) is 8.41. The number of amides is 1. The van der Waals surface area contributed by atoms with Crippen LogP contribution in [0.4, 0.5) is 13.2 Å². The zero-order valence-electron chi connectivity index (χ0n) is 17.6. The predicted octanol–water partition coefficient (Wildman–Crippen LogP) is 3.50. The molecule has 0 N–H and O–H groups in total. The van der Waals surface area contributed by atoms with Gasteiger partial charge in [0, 0.05) is 24.8 Å². The SMILES string of the molecule is CC(=O)c1nn(CC(=O)N2[C@@H]3C[C@@H]3C[C@H]2C(=O)CCCCOC(F)(F)F)c2ccccc12. The molecule has 1 aromatic carbocycles. The molecule has 1 aromatic heterocycles. The average molecular weight is 451 g/mol. The number of nitrogens with zero attached hydrogens (tertiary/aromatic N) is 3. The van der Waals surface area contributed by atoms with Crippen LogP contribution >= 0.6 is 0 Å². The molecular formula is C22H24F3N3O4. The van der Waals surface area contributed by atoms with E-state index in [0.29, 0.717) is 28.9 Å². The van der Waals surface area contributed by atoms with E-state index in [9.17, 15) is 27.6 Å². The summed E-state index contributed by atoms with van der Waals surface area (Å²) in [5.74, 6) is -0.272. The van der Waals surface area contributed by atoms with E-state index >= 15 is 0 Å². The van der Waals surface area contributed by atoms with Crippen molar-refractivity contribution >= 4 is 28.4 Å². The summed E-state index contributed by atoms with van der Waals surface area (Å²) in [5, 5.41) is 5.00. The van der Waals surface area contributed by atoms with Gasteiger partial charge in [-0.15, -0.1) is 13.2 Å². The molecule has 1 saturated heterocycles. The summed E-state index contributed by atoms with van der Waals surface area (Å²) in [7, 11) is 0. The van der Waals surface area contributed by atoms with Crippen molar-refractivity contribution in [1.29, 1.82) is 0 Å². The maximum Gasteiger partial charge on any atom is 0.522 e. The molecule has 4 rings (SSSR count). The van der Waals surface area contributed by atoms with Gasteiger partial charge in [0.15, 0.2) is 11.6 Å². The van der Waals surface area contributed by atoms with Gasteiger partial charge in [-0.3, -0.25) is 23.8 Å². The van der Waals surface area contributed by atoms with Crippen molar-refractivity contribution in [3.8, 4) is 0 Å². The van der Waals surface area contributed by atoms with Crippen LogP contribution in [0.1, 0.15) is 49.5 Å². The first-order valence-corrected chi connectivity index (χ1v) is 10.7. The van der Waals surface area contributed by atoms with Crippen LogP contribution in [0.5, 0.6) is 0 Å². The van der Waals surface area contributed by atoms with Crippen molar-refractivity contribution in [3.63, 3.8) is 0 Å². The lowest BCUT2D eigenvalue weighted by atomic mass is 10.0. The fraction of sp³-hybridized carbons (Fsp3) is 0.545. The van der Waals surface area contributed by atoms with E-state index < -0.39 is 19.0 Å². The number of halogens is 3. The van der Waals surface area contributed by atoms with Crippen molar-refractivity contribution in [2.24, 2.45) is 5.92 Å². The monoisotopic (exact) mass is 451 g/mol. The maximum absolute atomic E-state index is 13.2. The van der Waals surface area contributed by atoms with Crippen LogP contribution < -0.4 is 0 Å². The topological polar surface area (TPSA) is 81.5 Å². The Balaban J connectivity index is 1.40. The number of aromatic nitrogens is 2. The largest absolute Gasteiger partial charge is 0.522 e. The molecule has 2 aromatic rings. The number of hydrogen-bond acceptors (Lipinski definition) is 5. The molecule has 0 spiro atoms. The standard InChI is InChI=1S/C22H24F3N3O4/c1-13(29)21-15-6-2-3-7-16(15)27(26-21)12-20(31)28-17-10-14(17)11-18(28)19(30)8-4-5-9-32-22(23,24)25/h2-3,6-7,14,17-18H,4-5,8-12H2,1H3/t14-,17-,18+/m1/s1. The van der Waals surface area contributed by atoms with Gasteiger partial charge in [-0.25, -0.2) is 0 Å². The minimum atomic E-state index is -4.67. The Labute approximate surface area is 182 Å². The van der Waals surface area contributed by atoms with Gasteiger partial charge in [-0.2, -0.15) is 5.10 Å². The summed E-state index contributed by atoms with van der Waals surface area (Å²) in [6, 6.07) is 6.64. The van der Waals surface area contributed by atoms with Gasteiger partial charge in [0.1, 0.15) is 12.2 Å². The van der Waals surface area contributed by atoms with Crippen LogP contribution in [-0.2, 0) is 20.9 Å². The second-order valence-electron chi connectivity index (χ2n) is 8.41. The van der Waals surface area contributed by atoms with Crippen LogP contribution in [0.3, 0.4) is 0 Å². The van der Waals surface area contributed by atoms with Crippen LogP contribution in [0, 0.1) is 5.92 Å². The summed E-state index contributed by atoms with van der Waals surface area (Å²) in [4.78, 5) is 39.4. The Morgan fingerprint density at radius 2 is 1.91 bits per heavy atom. The fourth-order valence-electron chi connectivity index (χ4n) is 4.58. The quantitative estimate of drug-likeness (QED) is 0.431. The molecule has 2 fully saturated rings. The molecule has 0 radical (unpaired) electrons. The third-order valence-electron chi connectivity index (χ3n) is 6.12. The molecular weight excluding hydrogens is 427 g/mol. The van der Waals surface area contributed by atoms with Crippen LogP contribution in [-0.4, -0.2) is 57.2 Å². The summed E-state index contributed by atoms with van der Waals surface area (Å²) >= 11 is 0. The number of Topliss-reactive ketones (excluding diaryl/α,β-unsaturated/α-hetero) is 2. The van der Waals surface area contributed by atoms with E-state index in [2.05, 4.69) is 9.84 Å². The molecule has 32 heavy (non-hydrogen) atoms. The Hall–Kier alpha value is -2.75. The summed E-state index contributed by atoms with van der Waals surface area (Å²) in [6.07, 6.45) is -2.73. The number of alkyl halides is 3. The number of unbranched alkanes of at least 4 members (excludes halogenated alkanes) is 1. The van der Waals surface area contributed by atoms with Crippen LogP contribution in [0.15, 0.2) is 24.3 Å². The van der Waals surface area contributed by atoms with E-state index in [1.807, 2.05) is 0 Å². The number of benzene rings is 1. The number of carbonyl (C=O) groups excluding carboxylic acids is 3. The molecule has 1 saturated carbocycles. The number of likely N-dealkylation sites (tertiary alicyclic amines) is 1. The molecule has 3 atom stereocenters. The first-order chi connectivity index (χ1) is 15.2. The van der Waals surface area contributed by atoms with Gasteiger partial charge < -0.3 is 4.90 Å². The number of hydrogen-bond donors (Lipinski definition) is 0. The van der Waals surface area contributed by atoms with Gasteiger partial charge in [-0.05, 0) is 37.7 Å². The highest BCUT2D eigenvalue weighted by Crippen LogP contribution is 2.48. The summed E-state index contributed by atoms with van der Waals surface area (Å²) < 4.78 is 41.3. The predicted molar refractivity (Wildman–Crippen MR) is 108 cm³/mol. The van der Waals surface area contributed by atoms with Gasteiger partial charge in [0.2, 0.25) is 5.91 Å². The zero-order chi connectivity index (χ0) is 23.0. The summed E-state index contributed by atoms with van der Waals surface area (Å²) in [5.41, 5.74) is 0.970. The first kappa shape index (κ1) is 22.4. The van der Waals surface area contributed by atoms with Gasteiger partial charge in [0.05, 0.1) is 18.2 Å². The average Bonchev–Trinajstić information content (AvgIpc) is 3.23. The lowest BCUT2D eigenvalue weighted by molar-refractivity contribution is -0.324. The third kappa shape index (κ3) is 4.69. The third-order valence-corrected chi connectivity index (χ3v) is 6.12. The van der Waals surface area contributed by atoms with E-state index in [4.69, 9.17) is 0 Å². The number of ketones is 2. The molecule has 10 heteroatoms. The highest BCUT2D eigenvalue weighted by atomic mass is 19.4. The van der Waals surface area contributed by atoms with Gasteiger partial charge >= 0.3 is 6.36 Å². The van der Waals surface area contributed by atoms with E-state index in [-0.39, 0.29) is 49.3 Å². The zero-order valence-corrected chi connectivity index (χ0v) is 17.6. The molecule has 2 heterocycles. The lowest BCUT2D eigenvalue weighted by Gasteiger charge is -2.27. The van der Waals surface area contributed by atoms with Crippen molar-refractivity contribution in [3.05, 3.63) is 30.0 Å². The smallest absolute Gasteiger partial charge is 0.328 e. The maximum atomic E-state index is 13.2. The Morgan fingerprint density at radius 3 is 2.62 bits per heavy atom. The Morgan fingerprint density at radius 1 is 1.16 bits per heavy atom. The molecule has 1 aliphatic carbocycles. The molecule has 0 unspecified atom stereocenters. The molecule has 0 bridgehead atoms. The molecule has 2 aliphatic rings.